The first-order valence-electron chi connectivity index (χ1n) is 12.3. The third kappa shape index (κ3) is 3.77. The molecule has 1 aromatic heterocycles. The Kier molecular flexibility index (Phi) is 5.58. The maximum atomic E-state index is 5.00. The van der Waals surface area contributed by atoms with Gasteiger partial charge in [-0.25, -0.2) is 9.98 Å². The van der Waals surface area contributed by atoms with Crippen LogP contribution in [0.4, 0.5) is 5.82 Å². The standard InChI is InChI=1S/C28H28B2N4/c29-30-33(27-17-15-23(19-31-27)21-9-3-1-4-10-21)25-13-7-8-14-26(25)34(30)28-18-16-24(20-32-28)22-11-5-2-6-12-22/h1-5,7-11,13-15,17,19-20,25-26H,6,12,16,18,29H2. The van der Waals surface area contributed by atoms with Crippen molar-refractivity contribution in [3.63, 3.8) is 0 Å². The number of hydrogen-bond acceptors (Lipinski definition) is 4. The van der Waals surface area contributed by atoms with Crippen LogP contribution in [0.3, 0.4) is 0 Å². The highest BCUT2D eigenvalue weighted by Gasteiger charge is 2.47. The van der Waals surface area contributed by atoms with Crippen molar-refractivity contribution in [2.45, 2.75) is 37.8 Å². The number of rotatable bonds is 3. The molecule has 1 fully saturated rings. The maximum Gasteiger partial charge on any atom is 0.324 e. The molecule has 2 unspecified atom stereocenters. The number of aliphatic imine (C=N–C) groups is 1. The zero-order chi connectivity index (χ0) is 22.9. The van der Waals surface area contributed by atoms with Crippen LogP contribution >= 0.6 is 0 Å². The molecule has 2 atom stereocenters. The second kappa shape index (κ2) is 9.02. The highest BCUT2D eigenvalue weighted by atomic mass is 15.4. The van der Waals surface area contributed by atoms with E-state index in [9.17, 15) is 0 Å². The van der Waals surface area contributed by atoms with Gasteiger partial charge in [-0.05, 0) is 48.1 Å². The molecule has 4 nitrogen and oxygen atoms in total. The zero-order valence-electron chi connectivity index (χ0n) is 19.6. The van der Waals surface area contributed by atoms with Gasteiger partial charge < -0.3 is 9.62 Å². The summed E-state index contributed by atoms with van der Waals surface area (Å²) < 4.78 is 0. The third-order valence-corrected chi connectivity index (χ3v) is 7.36. The minimum Gasteiger partial charge on any atom is -0.383 e. The van der Waals surface area contributed by atoms with Crippen LogP contribution in [0.15, 0.2) is 114 Å². The Bertz CT molecular complexity index is 1240. The van der Waals surface area contributed by atoms with Crippen LogP contribution in [0.25, 0.3) is 11.1 Å². The summed E-state index contributed by atoms with van der Waals surface area (Å²) in [6, 6.07) is 15.3. The van der Waals surface area contributed by atoms with Gasteiger partial charge in [-0.2, -0.15) is 0 Å². The Morgan fingerprint density at radius 2 is 1.65 bits per heavy atom. The molecule has 1 aromatic carbocycles. The van der Waals surface area contributed by atoms with Crippen molar-refractivity contribution in [2.75, 3.05) is 4.81 Å². The van der Waals surface area contributed by atoms with E-state index in [1.54, 1.807) is 0 Å². The van der Waals surface area contributed by atoms with Gasteiger partial charge in [-0.15, -0.1) is 0 Å². The predicted molar refractivity (Wildman–Crippen MR) is 145 cm³/mol. The third-order valence-electron chi connectivity index (χ3n) is 7.36. The van der Waals surface area contributed by atoms with Crippen LogP contribution in [-0.4, -0.2) is 42.3 Å². The van der Waals surface area contributed by atoms with Crippen molar-refractivity contribution >= 4 is 26.3 Å². The molecule has 0 bridgehead atoms. The number of pyridine rings is 1. The summed E-state index contributed by atoms with van der Waals surface area (Å²) in [6.45, 7) is 0.169. The fraction of sp³-hybridized carbons (Fsp3) is 0.214. The molecule has 0 spiro atoms. The van der Waals surface area contributed by atoms with Gasteiger partial charge in [-0.3, -0.25) is 0 Å². The second-order valence-corrected chi connectivity index (χ2v) is 9.33. The van der Waals surface area contributed by atoms with E-state index in [0.717, 1.165) is 37.1 Å². The second-order valence-electron chi connectivity index (χ2n) is 9.33. The van der Waals surface area contributed by atoms with Crippen molar-refractivity contribution in [1.29, 1.82) is 0 Å². The fourth-order valence-electron chi connectivity index (χ4n) is 5.64. The van der Waals surface area contributed by atoms with Gasteiger partial charge in [0.15, 0.2) is 0 Å². The van der Waals surface area contributed by atoms with Gasteiger partial charge in [-0.1, -0.05) is 72.9 Å². The predicted octanol–water partition coefficient (Wildman–Crippen LogP) is 4.70. The highest BCUT2D eigenvalue weighted by Crippen LogP contribution is 2.35. The van der Waals surface area contributed by atoms with Crippen molar-refractivity contribution < 1.29 is 0 Å². The Labute approximate surface area is 203 Å². The Morgan fingerprint density at radius 1 is 0.824 bits per heavy atom. The first kappa shape index (κ1) is 21.0. The molecule has 0 saturated carbocycles. The number of benzene rings is 1. The lowest BCUT2D eigenvalue weighted by atomic mass is 9.50. The average Bonchev–Trinajstić information content (AvgIpc) is 3.21. The minimum atomic E-state index is 0.169. The SMILES string of the molecule is BB1N(C2=NC=C(C3=CC=CCC3)CC2)C2C=CC=CC2N1c1ccc(-c2ccccc2)cn1. The quantitative estimate of drug-likeness (QED) is 0.646. The van der Waals surface area contributed by atoms with E-state index in [-0.39, 0.29) is 19.0 Å². The largest absolute Gasteiger partial charge is 0.383 e. The first-order valence-corrected chi connectivity index (χ1v) is 12.3. The molecule has 2 aliphatic carbocycles. The Balaban J connectivity index is 1.29. The number of anilines is 1. The molecule has 6 heteroatoms. The maximum absolute atomic E-state index is 5.00. The van der Waals surface area contributed by atoms with E-state index in [4.69, 9.17) is 9.98 Å². The summed E-state index contributed by atoms with van der Waals surface area (Å²) in [5.41, 5.74) is 5.18. The van der Waals surface area contributed by atoms with Crippen molar-refractivity contribution in [3.05, 3.63) is 109 Å². The number of aromatic nitrogens is 1. The van der Waals surface area contributed by atoms with E-state index in [0.29, 0.717) is 0 Å². The van der Waals surface area contributed by atoms with Gasteiger partial charge in [0.1, 0.15) is 13.6 Å². The topological polar surface area (TPSA) is 31.7 Å². The van der Waals surface area contributed by atoms with Crippen LogP contribution in [0.5, 0.6) is 0 Å². The molecular weight excluding hydrogens is 414 g/mol. The van der Waals surface area contributed by atoms with E-state index in [1.807, 2.05) is 12.3 Å². The summed E-state index contributed by atoms with van der Waals surface area (Å²) >= 11 is 0. The minimum absolute atomic E-state index is 0.169. The lowest BCUT2D eigenvalue weighted by Crippen LogP contribution is -2.50. The normalized spacial score (nSPS) is 23.5. The molecular formula is C28H28B2N4. The Hall–Kier alpha value is -3.53. The zero-order valence-corrected chi connectivity index (χ0v) is 19.6. The average molecular weight is 442 g/mol. The Morgan fingerprint density at radius 3 is 2.32 bits per heavy atom. The smallest absolute Gasteiger partial charge is 0.324 e. The molecule has 0 radical (unpaired) electrons. The molecule has 2 aliphatic heterocycles. The lowest BCUT2D eigenvalue weighted by molar-refractivity contribution is 0.525. The van der Waals surface area contributed by atoms with Crippen molar-refractivity contribution in [2.24, 2.45) is 4.99 Å². The summed E-state index contributed by atoms with van der Waals surface area (Å²) in [5.74, 6) is 2.19. The van der Waals surface area contributed by atoms with Gasteiger partial charge in [0.2, 0.25) is 0 Å². The van der Waals surface area contributed by atoms with Crippen LogP contribution in [-0.2, 0) is 0 Å². The van der Waals surface area contributed by atoms with Gasteiger partial charge >= 0.3 is 6.87 Å². The molecule has 166 valence electrons. The van der Waals surface area contributed by atoms with Crippen LogP contribution in [0.1, 0.15) is 25.7 Å². The molecule has 0 N–H and O–H groups in total. The van der Waals surface area contributed by atoms with Crippen LogP contribution in [0.2, 0.25) is 0 Å². The van der Waals surface area contributed by atoms with Gasteiger partial charge in [0.25, 0.3) is 0 Å². The van der Waals surface area contributed by atoms with Crippen LogP contribution in [0, 0.1) is 0 Å². The summed E-state index contributed by atoms with van der Waals surface area (Å²) in [5, 5.41) is 0. The van der Waals surface area contributed by atoms with Crippen LogP contribution < -0.4 is 4.81 Å². The van der Waals surface area contributed by atoms with E-state index in [2.05, 4.69) is 102 Å². The number of allylic oxidation sites excluding steroid dienone is 7. The van der Waals surface area contributed by atoms with Crippen molar-refractivity contribution in [1.82, 2.24) is 9.79 Å². The molecule has 6 rings (SSSR count). The van der Waals surface area contributed by atoms with E-state index in [1.165, 1.54) is 22.5 Å². The lowest BCUT2D eigenvalue weighted by Gasteiger charge is -2.31. The summed E-state index contributed by atoms with van der Waals surface area (Å²) in [7, 11) is 2.28. The van der Waals surface area contributed by atoms with E-state index >= 15 is 0 Å². The molecule has 3 heterocycles. The molecule has 0 amide bonds. The van der Waals surface area contributed by atoms with Crippen molar-refractivity contribution in [3.8, 4) is 11.1 Å². The summed E-state index contributed by atoms with van der Waals surface area (Å²) in [4.78, 5) is 14.8. The number of hydrogen-bond donors (Lipinski definition) is 0. The molecule has 4 aliphatic rings. The first-order chi connectivity index (χ1) is 16.8. The molecule has 1 saturated heterocycles. The number of amidine groups is 1. The highest BCUT2D eigenvalue weighted by molar-refractivity contribution is 7.05. The van der Waals surface area contributed by atoms with Gasteiger partial charge in [0.05, 0.1) is 17.9 Å². The number of nitrogens with zero attached hydrogens (tertiary/aromatic N) is 4. The molecule has 2 aromatic rings. The monoisotopic (exact) mass is 442 g/mol. The van der Waals surface area contributed by atoms with E-state index < -0.39 is 0 Å². The molecule has 34 heavy (non-hydrogen) atoms. The fourth-order valence-corrected chi connectivity index (χ4v) is 5.64. The van der Waals surface area contributed by atoms with Gasteiger partial charge in [0, 0.05) is 24.4 Å². The summed E-state index contributed by atoms with van der Waals surface area (Å²) in [6.07, 6.45) is 24.0. The number of fused-ring (bicyclic) bond motifs is 1.